The number of carbonyl (C=O) groups is 1. The van der Waals surface area contributed by atoms with Gasteiger partial charge < -0.3 is 9.84 Å². The number of hydrogen-bond acceptors (Lipinski definition) is 5. The molecular formula is C11H21NO5S. The van der Waals surface area contributed by atoms with Crippen LogP contribution in [0, 0.1) is 0 Å². The van der Waals surface area contributed by atoms with Gasteiger partial charge in [0.05, 0.1) is 19.3 Å². The Kier molecular flexibility index (Phi) is 6.04. The van der Waals surface area contributed by atoms with Gasteiger partial charge in [0, 0.05) is 19.2 Å². The lowest BCUT2D eigenvalue weighted by molar-refractivity contribution is -0.140. The fourth-order valence-electron chi connectivity index (χ4n) is 2.22. The summed E-state index contributed by atoms with van der Waals surface area (Å²) in [4.78, 5) is 11.0. The third-order valence-corrected chi connectivity index (χ3v) is 5.08. The average molecular weight is 279 g/mol. The molecule has 1 rings (SSSR count). The van der Waals surface area contributed by atoms with Gasteiger partial charge in [0.15, 0.2) is 0 Å². The number of ether oxygens (including phenoxy) is 1. The quantitative estimate of drug-likeness (QED) is 0.669. The molecule has 0 aromatic carbocycles. The fraction of sp³-hybridized carbons (Fsp3) is 0.909. The Morgan fingerprint density at radius 3 is 2.83 bits per heavy atom. The van der Waals surface area contributed by atoms with E-state index in [0.29, 0.717) is 19.4 Å². The average Bonchev–Trinajstić information content (AvgIpc) is 2.82. The summed E-state index contributed by atoms with van der Waals surface area (Å²) in [5.74, 6) is -0.709. The lowest BCUT2D eigenvalue weighted by Crippen LogP contribution is -2.37. The van der Waals surface area contributed by atoms with Crippen molar-refractivity contribution in [2.24, 2.45) is 0 Å². The van der Waals surface area contributed by atoms with E-state index in [1.54, 1.807) is 0 Å². The van der Waals surface area contributed by atoms with Crippen LogP contribution in [0.2, 0.25) is 0 Å². The van der Waals surface area contributed by atoms with E-state index in [0.717, 1.165) is 12.8 Å². The summed E-state index contributed by atoms with van der Waals surface area (Å²) in [5.41, 5.74) is 0. The maximum atomic E-state index is 12.1. The van der Waals surface area contributed by atoms with Crippen molar-refractivity contribution in [3.8, 4) is 0 Å². The molecule has 1 saturated heterocycles. The second-order valence-corrected chi connectivity index (χ2v) is 6.46. The highest BCUT2D eigenvalue weighted by molar-refractivity contribution is 7.89. The van der Waals surface area contributed by atoms with Crippen molar-refractivity contribution in [1.29, 1.82) is 0 Å². The Balaban J connectivity index is 2.57. The van der Waals surface area contributed by atoms with E-state index in [1.807, 2.05) is 0 Å². The van der Waals surface area contributed by atoms with Gasteiger partial charge in [-0.05, 0) is 25.7 Å². The number of hydrogen-bond donors (Lipinski definition) is 1. The molecule has 0 aliphatic carbocycles. The van der Waals surface area contributed by atoms with Gasteiger partial charge in [-0.2, -0.15) is 4.31 Å². The van der Waals surface area contributed by atoms with Gasteiger partial charge >= 0.3 is 5.97 Å². The van der Waals surface area contributed by atoms with Crippen LogP contribution in [-0.2, 0) is 19.6 Å². The summed E-state index contributed by atoms with van der Waals surface area (Å²) in [5, 5.41) is 8.79. The summed E-state index contributed by atoms with van der Waals surface area (Å²) in [6, 6.07) is -0.0280. The molecule has 18 heavy (non-hydrogen) atoms. The van der Waals surface area contributed by atoms with Gasteiger partial charge in [-0.1, -0.05) is 0 Å². The lowest BCUT2D eigenvalue weighted by atomic mass is 10.1. The molecule has 0 aromatic heterocycles. The van der Waals surface area contributed by atoms with Gasteiger partial charge in [-0.3, -0.25) is 4.79 Å². The topological polar surface area (TPSA) is 83.9 Å². The Bertz CT molecular complexity index is 368. The van der Waals surface area contributed by atoms with Crippen molar-refractivity contribution in [1.82, 2.24) is 4.31 Å². The van der Waals surface area contributed by atoms with Crippen molar-refractivity contribution in [3.63, 3.8) is 0 Å². The molecule has 0 spiro atoms. The van der Waals surface area contributed by atoms with Crippen molar-refractivity contribution < 1.29 is 23.1 Å². The van der Waals surface area contributed by atoms with Crippen LogP contribution in [-0.4, -0.2) is 55.9 Å². The van der Waals surface area contributed by atoms with E-state index >= 15 is 0 Å². The number of rotatable bonds is 7. The smallest absolute Gasteiger partial charge is 0.306 e. The monoisotopic (exact) mass is 279 g/mol. The van der Waals surface area contributed by atoms with E-state index in [2.05, 4.69) is 4.74 Å². The number of sulfonamides is 1. The molecule has 1 aliphatic heterocycles. The summed E-state index contributed by atoms with van der Waals surface area (Å²) >= 11 is 0. The first kappa shape index (κ1) is 15.4. The molecule has 106 valence electrons. The predicted octanol–water partition coefficient (Wildman–Crippen LogP) is 0.116. The molecule has 1 unspecified atom stereocenters. The van der Waals surface area contributed by atoms with Crippen LogP contribution in [0.4, 0.5) is 0 Å². The first-order valence-corrected chi connectivity index (χ1v) is 7.79. The summed E-state index contributed by atoms with van der Waals surface area (Å²) in [6.07, 6.45) is 2.84. The predicted molar refractivity (Wildman–Crippen MR) is 66.5 cm³/mol. The third-order valence-electron chi connectivity index (χ3n) is 3.17. The van der Waals surface area contributed by atoms with Crippen molar-refractivity contribution in [3.05, 3.63) is 0 Å². The van der Waals surface area contributed by atoms with Crippen LogP contribution >= 0.6 is 0 Å². The number of carbonyl (C=O) groups excluding carboxylic acids is 1. The van der Waals surface area contributed by atoms with Crippen molar-refractivity contribution >= 4 is 16.0 Å². The van der Waals surface area contributed by atoms with Crippen LogP contribution in [0.15, 0.2) is 0 Å². The number of aliphatic hydroxyl groups excluding tert-OH is 1. The van der Waals surface area contributed by atoms with Crippen molar-refractivity contribution in [2.45, 2.75) is 38.1 Å². The van der Waals surface area contributed by atoms with E-state index in [1.165, 1.54) is 11.4 Å². The molecule has 6 nitrogen and oxygen atoms in total. The highest BCUT2D eigenvalue weighted by Crippen LogP contribution is 2.25. The Morgan fingerprint density at radius 1 is 1.50 bits per heavy atom. The molecule has 1 fully saturated rings. The SMILES string of the molecule is COC(=O)CCS(=O)(=O)N1CCCC1CCCO. The molecular weight excluding hydrogens is 258 g/mol. The van der Waals surface area contributed by atoms with Gasteiger partial charge in [0.25, 0.3) is 0 Å². The second-order valence-electron chi connectivity index (χ2n) is 4.41. The van der Waals surface area contributed by atoms with Gasteiger partial charge in [0.2, 0.25) is 10.0 Å². The highest BCUT2D eigenvalue weighted by atomic mass is 32.2. The standard InChI is InChI=1S/C11H21NO5S/c1-17-11(14)6-9-18(15,16)12-7-2-4-10(12)5-3-8-13/h10,13H,2-9H2,1H3. The van der Waals surface area contributed by atoms with E-state index in [9.17, 15) is 13.2 Å². The molecule has 1 atom stereocenters. The lowest BCUT2D eigenvalue weighted by Gasteiger charge is -2.23. The largest absolute Gasteiger partial charge is 0.469 e. The summed E-state index contributed by atoms with van der Waals surface area (Å²) in [6.45, 7) is 0.589. The van der Waals surface area contributed by atoms with Gasteiger partial charge in [-0.25, -0.2) is 8.42 Å². The van der Waals surface area contributed by atoms with Crippen LogP contribution < -0.4 is 0 Å². The second kappa shape index (κ2) is 7.06. The summed E-state index contributed by atoms with van der Waals surface area (Å²) in [7, 11) is -2.15. The van der Waals surface area contributed by atoms with Gasteiger partial charge in [0.1, 0.15) is 0 Å². The van der Waals surface area contributed by atoms with Crippen molar-refractivity contribution in [2.75, 3.05) is 26.0 Å². The zero-order valence-electron chi connectivity index (χ0n) is 10.7. The first-order chi connectivity index (χ1) is 8.51. The molecule has 0 radical (unpaired) electrons. The van der Waals surface area contributed by atoms with E-state index in [4.69, 9.17) is 5.11 Å². The molecule has 1 heterocycles. The van der Waals surface area contributed by atoms with Crippen LogP contribution in [0.25, 0.3) is 0 Å². The third kappa shape index (κ3) is 4.22. The van der Waals surface area contributed by atoms with Gasteiger partial charge in [-0.15, -0.1) is 0 Å². The number of methoxy groups -OCH3 is 1. The highest BCUT2D eigenvalue weighted by Gasteiger charge is 2.33. The minimum absolute atomic E-state index is 0.0280. The maximum Gasteiger partial charge on any atom is 0.306 e. The molecule has 0 saturated carbocycles. The zero-order chi connectivity index (χ0) is 13.6. The Morgan fingerprint density at radius 2 is 2.22 bits per heavy atom. The maximum absolute atomic E-state index is 12.1. The first-order valence-electron chi connectivity index (χ1n) is 6.18. The van der Waals surface area contributed by atoms with E-state index < -0.39 is 16.0 Å². The molecule has 1 N–H and O–H groups in total. The minimum atomic E-state index is -3.39. The molecule has 0 bridgehead atoms. The summed E-state index contributed by atoms with van der Waals surface area (Å²) < 4.78 is 30.1. The minimum Gasteiger partial charge on any atom is -0.469 e. The van der Waals surface area contributed by atoms with Crippen LogP contribution in [0.3, 0.4) is 0 Å². The van der Waals surface area contributed by atoms with E-state index in [-0.39, 0.29) is 24.8 Å². The number of nitrogens with zero attached hydrogens (tertiary/aromatic N) is 1. The molecule has 1 aliphatic rings. The Labute approximate surface area is 108 Å². The number of esters is 1. The van der Waals surface area contributed by atoms with Crippen LogP contribution in [0.1, 0.15) is 32.1 Å². The molecule has 0 aromatic rings. The number of aliphatic hydroxyl groups is 1. The zero-order valence-corrected chi connectivity index (χ0v) is 11.5. The van der Waals surface area contributed by atoms with Crippen LogP contribution in [0.5, 0.6) is 0 Å². The Hall–Kier alpha value is -0.660. The fourth-order valence-corrected chi connectivity index (χ4v) is 3.95. The molecule has 7 heteroatoms. The molecule has 0 amide bonds. The normalized spacial score (nSPS) is 21.1.